The number of carbonyl (C=O) groups excluding carboxylic acids is 2. The van der Waals surface area contributed by atoms with Crippen molar-refractivity contribution in [1.29, 1.82) is 0 Å². The third-order valence-corrected chi connectivity index (χ3v) is 3.16. The lowest BCUT2D eigenvalue weighted by atomic mass is 10.3. The van der Waals surface area contributed by atoms with Crippen LogP contribution in [0.5, 0.6) is 0 Å². The fraction of sp³-hybridized carbons (Fsp3) is 0.231. The highest BCUT2D eigenvalue weighted by atomic mass is 32.1. The van der Waals surface area contributed by atoms with E-state index >= 15 is 0 Å². The highest BCUT2D eigenvalue weighted by Gasteiger charge is 2.16. The molecule has 2 aromatic heterocycles. The number of nitrogens with zero attached hydrogens (tertiary/aromatic N) is 2. The van der Waals surface area contributed by atoms with E-state index in [1.165, 1.54) is 5.38 Å². The van der Waals surface area contributed by atoms with Gasteiger partial charge >= 0.3 is 5.97 Å². The first kappa shape index (κ1) is 14.1. The van der Waals surface area contributed by atoms with Gasteiger partial charge in [0.05, 0.1) is 6.61 Å². The lowest BCUT2D eigenvalue weighted by molar-refractivity contribution is 0.0526. The van der Waals surface area contributed by atoms with E-state index in [0.717, 1.165) is 16.9 Å². The van der Waals surface area contributed by atoms with E-state index in [2.05, 4.69) is 15.3 Å². The van der Waals surface area contributed by atoms with Gasteiger partial charge in [0.25, 0.3) is 5.91 Å². The Hall–Kier alpha value is -2.28. The van der Waals surface area contributed by atoms with Crippen molar-refractivity contribution in [2.75, 3.05) is 11.9 Å². The molecule has 0 bridgehead atoms. The maximum atomic E-state index is 11.9. The highest BCUT2D eigenvalue weighted by molar-refractivity contribution is 7.11. The van der Waals surface area contributed by atoms with Gasteiger partial charge in [0.15, 0.2) is 0 Å². The fourth-order valence-electron chi connectivity index (χ4n) is 1.39. The lowest BCUT2D eigenvalue weighted by Crippen LogP contribution is -2.14. The van der Waals surface area contributed by atoms with Crippen LogP contribution < -0.4 is 5.32 Å². The van der Waals surface area contributed by atoms with E-state index < -0.39 is 11.9 Å². The van der Waals surface area contributed by atoms with Crippen LogP contribution in [-0.4, -0.2) is 28.5 Å². The van der Waals surface area contributed by atoms with Gasteiger partial charge in [-0.3, -0.25) is 4.79 Å². The first-order valence-corrected chi connectivity index (χ1v) is 6.84. The number of rotatable bonds is 4. The zero-order valence-corrected chi connectivity index (χ0v) is 11.9. The summed E-state index contributed by atoms with van der Waals surface area (Å²) in [6.45, 7) is 3.89. The zero-order chi connectivity index (χ0) is 14.5. The summed E-state index contributed by atoms with van der Waals surface area (Å²) < 4.78 is 4.82. The number of pyridine rings is 1. The van der Waals surface area contributed by atoms with Crippen LogP contribution in [0.1, 0.15) is 32.8 Å². The Kier molecular flexibility index (Phi) is 4.41. The van der Waals surface area contributed by atoms with E-state index in [1.807, 2.05) is 13.0 Å². The van der Waals surface area contributed by atoms with E-state index in [9.17, 15) is 9.59 Å². The smallest absolute Gasteiger partial charge is 0.367 e. The molecular formula is C13H13N3O3S. The van der Waals surface area contributed by atoms with Gasteiger partial charge in [0.2, 0.25) is 5.01 Å². The molecule has 0 aliphatic carbocycles. The van der Waals surface area contributed by atoms with Crippen LogP contribution in [0.15, 0.2) is 23.7 Å². The van der Waals surface area contributed by atoms with Crippen LogP contribution in [0.2, 0.25) is 0 Å². The Morgan fingerprint density at radius 2 is 2.20 bits per heavy atom. The van der Waals surface area contributed by atoms with Crippen molar-refractivity contribution in [3.63, 3.8) is 0 Å². The molecule has 0 aliphatic heterocycles. The summed E-state index contributed by atoms with van der Waals surface area (Å²) in [5.41, 5.74) is 1.17. The second-order valence-electron chi connectivity index (χ2n) is 3.93. The van der Waals surface area contributed by atoms with Crippen molar-refractivity contribution in [3.8, 4) is 0 Å². The highest BCUT2D eigenvalue weighted by Crippen LogP contribution is 2.13. The molecule has 2 rings (SSSR count). The number of carbonyl (C=O) groups is 2. The molecule has 0 radical (unpaired) electrons. The minimum atomic E-state index is -0.523. The van der Waals surface area contributed by atoms with Crippen LogP contribution in [-0.2, 0) is 4.74 Å². The first-order valence-electron chi connectivity index (χ1n) is 5.97. The van der Waals surface area contributed by atoms with Crippen molar-refractivity contribution in [1.82, 2.24) is 9.97 Å². The molecule has 0 atom stereocenters. The van der Waals surface area contributed by atoms with Crippen LogP contribution in [0.3, 0.4) is 0 Å². The second-order valence-corrected chi connectivity index (χ2v) is 4.79. The monoisotopic (exact) mass is 291 g/mol. The van der Waals surface area contributed by atoms with E-state index in [4.69, 9.17) is 4.74 Å². The molecule has 0 saturated heterocycles. The van der Waals surface area contributed by atoms with Gasteiger partial charge in [-0.2, -0.15) is 0 Å². The summed E-state index contributed by atoms with van der Waals surface area (Å²) in [5.74, 6) is -0.496. The number of hydrogen-bond donors (Lipinski definition) is 1. The molecule has 2 heterocycles. The standard InChI is InChI=1S/C13H13N3O3S/c1-3-19-13(18)12-15-9(7-20-12)11(17)16-10-5-4-8(2)6-14-10/h4-7H,3H2,1-2H3,(H,14,16,17). The summed E-state index contributed by atoms with van der Waals surface area (Å²) in [4.78, 5) is 31.4. The maximum absolute atomic E-state index is 11.9. The van der Waals surface area contributed by atoms with Crippen LogP contribution >= 0.6 is 11.3 Å². The average Bonchev–Trinajstić information content (AvgIpc) is 2.91. The third-order valence-electron chi connectivity index (χ3n) is 2.34. The van der Waals surface area contributed by atoms with Gasteiger partial charge in [0, 0.05) is 11.6 Å². The SMILES string of the molecule is CCOC(=O)c1nc(C(=O)Nc2ccc(C)cn2)cs1. The summed E-state index contributed by atoms with van der Waals surface area (Å²) in [7, 11) is 0. The number of nitrogens with one attached hydrogen (secondary N) is 1. The van der Waals surface area contributed by atoms with Crippen molar-refractivity contribution in [2.24, 2.45) is 0 Å². The average molecular weight is 291 g/mol. The number of esters is 1. The Morgan fingerprint density at radius 3 is 2.85 bits per heavy atom. The Labute approximate surface area is 119 Å². The quantitative estimate of drug-likeness (QED) is 0.874. The van der Waals surface area contributed by atoms with E-state index in [1.54, 1.807) is 19.2 Å². The van der Waals surface area contributed by atoms with Crippen molar-refractivity contribution in [3.05, 3.63) is 40.0 Å². The van der Waals surface area contributed by atoms with Crippen molar-refractivity contribution >= 4 is 29.0 Å². The molecule has 0 unspecified atom stereocenters. The Balaban J connectivity index is 2.06. The predicted octanol–water partition coefficient (Wildman–Crippen LogP) is 2.28. The Morgan fingerprint density at radius 1 is 1.40 bits per heavy atom. The van der Waals surface area contributed by atoms with Crippen LogP contribution in [0.25, 0.3) is 0 Å². The minimum absolute atomic E-state index is 0.161. The minimum Gasteiger partial charge on any atom is -0.461 e. The molecule has 0 saturated carbocycles. The van der Waals surface area contributed by atoms with Gasteiger partial charge in [-0.25, -0.2) is 14.8 Å². The maximum Gasteiger partial charge on any atom is 0.367 e. The number of aryl methyl sites for hydroxylation is 1. The lowest BCUT2D eigenvalue weighted by Gasteiger charge is -2.02. The van der Waals surface area contributed by atoms with Crippen molar-refractivity contribution < 1.29 is 14.3 Å². The van der Waals surface area contributed by atoms with Gasteiger partial charge < -0.3 is 10.1 Å². The predicted molar refractivity (Wildman–Crippen MR) is 75.0 cm³/mol. The third kappa shape index (κ3) is 3.39. The largest absolute Gasteiger partial charge is 0.461 e. The molecule has 0 aromatic carbocycles. The summed E-state index contributed by atoms with van der Waals surface area (Å²) in [5, 5.41) is 4.28. The fourth-order valence-corrected chi connectivity index (χ4v) is 2.08. The molecule has 0 fully saturated rings. The molecule has 6 nitrogen and oxygen atoms in total. The molecule has 20 heavy (non-hydrogen) atoms. The molecule has 1 N–H and O–H groups in total. The molecule has 104 valence electrons. The Bertz CT molecular complexity index is 622. The normalized spacial score (nSPS) is 10.1. The molecule has 1 amide bonds. The number of ether oxygens (including phenoxy) is 1. The summed E-state index contributed by atoms with van der Waals surface area (Å²) in [6, 6.07) is 3.54. The molecule has 2 aromatic rings. The van der Waals surface area contributed by atoms with Crippen molar-refractivity contribution in [2.45, 2.75) is 13.8 Å². The number of aromatic nitrogens is 2. The number of amides is 1. The molecule has 7 heteroatoms. The zero-order valence-electron chi connectivity index (χ0n) is 11.0. The van der Waals surface area contributed by atoms with Crippen LogP contribution in [0.4, 0.5) is 5.82 Å². The van der Waals surface area contributed by atoms with E-state index in [-0.39, 0.29) is 17.3 Å². The van der Waals surface area contributed by atoms with Crippen LogP contribution in [0, 0.1) is 6.92 Å². The molecular weight excluding hydrogens is 278 g/mol. The molecule has 0 aliphatic rings. The van der Waals surface area contributed by atoms with E-state index in [0.29, 0.717) is 5.82 Å². The number of thiazole rings is 1. The van der Waals surface area contributed by atoms with Gasteiger partial charge in [-0.1, -0.05) is 6.07 Å². The van der Waals surface area contributed by atoms with Gasteiger partial charge in [-0.15, -0.1) is 11.3 Å². The summed E-state index contributed by atoms with van der Waals surface area (Å²) in [6.07, 6.45) is 1.65. The topological polar surface area (TPSA) is 81.2 Å². The molecule has 0 spiro atoms. The first-order chi connectivity index (χ1) is 9.60. The number of hydrogen-bond acceptors (Lipinski definition) is 6. The second kappa shape index (κ2) is 6.25. The summed E-state index contributed by atoms with van der Waals surface area (Å²) >= 11 is 1.07. The van der Waals surface area contributed by atoms with Gasteiger partial charge in [0.1, 0.15) is 11.5 Å². The number of anilines is 1. The van der Waals surface area contributed by atoms with Gasteiger partial charge in [-0.05, 0) is 25.5 Å².